The molecule has 0 atom stereocenters. The Morgan fingerprint density at radius 3 is 2.61 bits per heavy atom. The van der Waals surface area contributed by atoms with Crippen molar-refractivity contribution in [1.29, 1.82) is 0 Å². The molecular formula is C12H8BrNO4. The van der Waals surface area contributed by atoms with Crippen molar-refractivity contribution < 1.29 is 19.1 Å². The number of aromatic carboxylic acids is 1. The standard InChI is InChI=1S/C12H8BrNO4/c13-9-3-8(12(16)17)4-10(5-9)14-11(15)7-1-2-18-6-7/h1-6H,(H,14,15)(H,16,17). The van der Waals surface area contributed by atoms with Crippen LogP contribution in [0.4, 0.5) is 5.69 Å². The summed E-state index contributed by atoms with van der Waals surface area (Å²) in [5, 5.41) is 11.5. The van der Waals surface area contributed by atoms with Crippen molar-refractivity contribution in [3.8, 4) is 0 Å². The lowest BCUT2D eigenvalue weighted by atomic mass is 10.2. The summed E-state index contributed by atoms with van der Waals surface area (Å²) < 4.78 is 5.37. The fourth-order valence-corrected chi connectivity index (χ4v) is 1.88. The summed E-state index contributed by atoms with van der Waals surface area (Å²) in [6.07, 6.45) is 2.70. The molecule has 0 spiro atoms. The highest BCUT2D eigenvalue weighted by Crippen LogP contribution is 2.20. The van der Waals surface area contributed by atoms with Crippen LogP contribution in [0.5, 0.6) is 0 Å². The molecule has 2 aromatic rings. The number of nitrogens with one attached hydrogen (secondary N) is 1. The van der Waals surface area contributed by atoms with E-state index in [1.54, 1.807) is 6.07 Å². The number of anilines is 1. The molecule has 0 unspecified atom stereocenters. The molecule has 1 aromatic carbocycles. The third-order valence-electron chi connectivity index (χ3n) is 2.19. The van der Waals surface area contributed by atoms with Crippen LogP contribution in [0.2, 0.25) is 0 Å². The maximum Gasteiger partial charge on any atom is 0.335 e. The smallest absolute Gasteiger partial charge is 0.335 e. The van der Waals surface area contributed by atoms with E-state index in [1.807, 2.05) is 0 Å². The first-order valence-corrected chi connectivity index (χ1v) is 5.73. The van der Waals surface area contributed by atoms with Crippen molar-refractivity contribution >= 4 is 33.5 Å². The molecule has 1 heterocycles. The fraction of sp³-hybridized carbons (Fsp3) is 0. The van der Waals surface area contributed by atoms with Crippen LogP contribution in [0.25, 0.3) is 0 Å². The summed E-state index contributed by atoms with van der Waals surface area (Å²) in [6, 6.07) is 5.97. The highest BCUT2D eigenvalue weighted by Gasteiger charge is 2.10. The molecule has 5 nitrogen and oxygen atoms in total. The normalized spacial score (nSPS) is 10.1. The van der Waals surface area contributed by atoms with Crippen molar-refractivity contribution in [2.45, 2.75) is 0 Å². The zero-order valence-corrected chi connectivity index (χ0v) is 10.6. The lowest BCUT2D eigenvalue weighted by molar-refractivity contribution is 0.0696. The van der Waals surface area contributed by atoms with Gasteiger partial charge in [0.15, 0.2) is 0 Å². The summed E-state index contributed by atoms with van der Waals surface area (Å²) in [5.41, 5.74) is 0.853. The van der Waals surface area contributed by atoms with Gasteiger partial charge in [0.25, 0.3) is 5.91 Å². The first-order chi connectivity index (χ1) is 8.56. The van der Waals surface area contributed by atoms with Crippen LogP contribution in [0.15, 0.2) is 45.7 Å². The molecule has 1 aromatic heterocycles. The Bertz CT molecular complexity index is 592. The number of hydrogen-bond acceptors (Lipinski definition) is 3. The topological polar surface area (TPSA) is 79.5 Å². The van der Waals surface area contributed by atoms with Gasteiger partial charge >= 0.3 is 5.97 Å². The van der Waals surface area contributed by atoms with E-state index < -0.39 is 5.97 Å². The molecule has 2 N–H and O–H groups in total. The molecule has 0 saturated carbocycles. The van der Waals surface area contributed by atoms with E-state index in [1.165, 1.54) is 30.7 Å². The van der Waals surface area contributed by atoms with Crippen LogP contribution in [-0.2, 0) is 0 Å². The zero-order valence-electron chi connectivity index (χ0n) is 9.01. The van der Waals surface area contributed by atoms with Gasteiger partial charge in [-0.05, 0) is 24.3 Å². The van der Waals surface area contributed by atoms with E-state index in [0.29, 0.717) is 15.7 Å². The van der Waals surface area contributed by atoms with E-state index in [9.17, 15) is 9.59 Å². The van der Waals surface area contributed by atoms with Crippen molar-refractivity contribution in [3.63, 3.8) is 0 Å². The van der Waals surface area contributed by atoms with Gasteiger partial charge in [0.05, 0.1) is 17.4 Å². The molecule has 2 rings (SSSR count). The SMILES string of the molecule is O=C(O)c1cc(Br)cc(NC(=O)c2ccoc2)c1. The number of carbonyl (C=O) groups is 2. The first-order valence-electron chi connectivity index (χ1n) is 4.93. The van der Waals surface area contributed by atoms with Crippen molar-refractivity contribution in [1.82, 2.24) is 0 Å². The van der Waals surface area contributed by atoms with Gasteiger partial charge in [-0.1, -0.05) is 15.9 Å². The molecule has 18 heavy (non-hydrogen) atoms. The number of rotatable bonds is 3. The Labute approximate surface area is 111 Å². The average Bonchev–Trinajstić information content (AvgIpc) is 2.81. The third-order valence-corrected chi connectivity index (χ3v) is 2.64. The van der Waals surface area contributed by atoms with Crippen LogP contribution in [0.1, 0.15) is 20.7 Å². The molecule has 6 heteroatoms. The summed E-state index contributed by atoms with van der Waals surface area (Å²) in [4.78, 5) is 22.6. The largest absolute Gasteiger partial charge is 0.478 e. The number of furan rings is 1. The Hall–Kier alpha value is -2.08. The number of carbonyl (C=O) groups excluding carboxylic acids is 1. The predicted molar refractivity (Wildman–Crippen MR) is 67.8 cm³/mol. The Kier molecular flexibility index (Phi) is 3.47. The number of halogens is 1. The van der Waals surface area contributed by atoms with Crippen molar-refractivity contribution in [2.24, 2.45) is 0 Å². The van der Waals surface area contributed by atoms with E-state index in [2.05, 4.69) is 21.2 Å². The minimum absolute atomic E-state index is 0.0897. The van der Waals surface area contributed by atoms with Crippen LogP contribution >= 0.6 is 15.9 Å². The second kappa shape index (κ2) is 5.05. The number of hydrogen-bond donors (Lipinski definition) is 2. The molecule has 0 radical (unpaired) electrons. The van der Waals surface area contributed by atoms with Gasteiger partial charge in [-0.2, -0.15) is 0 Å². The number of carboxylic acid groups (broad SMARTS) is 1. The molecule has 92 valence electrons. The van der Waals surface area contributed by atoms with Crippen molar-refractivity contribution in [3.05, 3.63) is 52.4 Å². The summed E-state index contributed by atoms with van der Waals surface area (Å²) in [6.45, 7) is 0. The lowest BCUT2D eigenvalue weighted by Gasteiger charge is -2.05. The Morgan fingerprint density at radius 1 is 1.22 bits per heavy atom. The summed E-state index contributed by atoms with van der Waals surface area (Å²) in [7, 11) is 0. The van der Waals surface area contributed by atoms with Crippen LogP contribution < -0.4 is 5.32 Å². The molecule has 0 bridgehead atoms. The van der Waals surface area contributed by atoms with Crippen LogP contribution in [-0.4, -0.2) is 17.0 Å². The minimum Gasteiger partial charge on any atom is -0.478 e. The van der Waals surface area contributed by atoms with E-state index >= 15 is 0 Å². The van der Waals surface area contributed by atoms with Gasteiger partial charge in [-0.3, -0.25) is 4.79 Å². The van der Waals surface area contributed by atoms with Crippen LogP contribution in [0, 0.1) is 0 Å². The second-order valence-corrected chi connectivity index (χ2v) is 4.42. The highest BCUT2D eigenvalue weighted by molar-refractivity contribution is 9.10. The average molecular weight is 310 g/mol. The van der Waals surface area contributed by atoms with Crippen LogP contribution in [0.3, 0.4) is 0 Å². The van der Waals surface area contributed by atoms with Gasteiger partial charge < -0.3 is 14.8 Å². The third kappa shape index (κ3) is 2.78. The van der Waals surface area contributed by atoms with E-state index in [-0.39, 0.29) is 11.5 Å². The van der Waals surface area contributed by atoms with E-state index in [0.717, 1.165) is 0 Å². The molecule has 0 saturated heterocycles. The molecule has 0 aliphatic rings. The maximum atomic E-state index is 11.7. The predicted octanol–water partition coefficient (Wildman–Crippen LogP) is 2.99. The quantitative estimate of drug-likeness (QED) is 0.913. The number of benzene rings is 1. The maximum absolute atomic E-state index is 11.7. The van der Waals surface area contributed by atoms with E-state index in [4.69, 9.17) is 9.52 Å². The fourth-order valence-electron chi connectivity index (χ4n) is 1.38. The molecular weight excluding hydrogens is 302 g/mol. The molecule has 0 aliphatic heterocycles. The van der Waals surface area contributed by atoms with Gasteiger partial charge in [0.1, 0.15) is 6.26 Å². The molecule has 0 aliphatic carbocycles. The zero-order chi connectivity index (χ0) is 13.1. The lowest BCUT2D eigenvalue weighted by Crippen LogP contribution is -2.11. The number of amides is 1. The Morgan fingerprint density at radius 2 is 2.00 bits per heavy atom. The molecule has 1 amide bonds. The van der Waals surface area contributed by atoms with Gasteiger partial charge in [0, 0.05) is 10.2 Å². The van der Waals surface area contributed by atoms with Gasteiger partial charge in [-0.25, -0.2) is 4.79 Å². The first kappa shape index (κ1) is 12.4. The highest BCUT2D eigenvalue weighted by atomic mass is 79.9. The minimum atomic E-state index is -1.06. The van der Waals surface area contributed by atoms with Crippen molar-refractivity contribution in [2.75, 3.05) is 5.32 Å². The number of carboxylic acids is 1. The van der Waals surface area contributed by atoms with Gasteiger partial charge in [0.2, 0.25) is 0 Å². The Balaban J connectivity index is 2.24. The van der Waals surface area contributed by atoms with Gasteiger partial charge in [-0.15, -0.1) is 0 Å². The monoisotopic (exact) mass is 309 g/mol. The second-order valence-electron chi connectivity index (χ2n) is 3.50. The molecule has 0 fully saturated rings. The summed E-state index contributed by atoms with van der Waals surface area (Å²) >= 11 is 3.19. The summed E-state index contributed by atoms with van der Waals surface area (Å²) in [5.74, 6) is -1.42.